The number of fused-ring (bicyclic) bond motifs is 4. The number of benzene rings is 6. The van der Waals surface area contributed by atoms with Gasteiger partial charge in [0, 0.05) is 98.6 Å². The number of hydrogen-bond acceptors (Lipinski definition) is 7. The van der Waals surface area contributed by atoms with Crippen molar-refractivity contribution in [1.82, 2.24) is 9.89 Å². The molecule has 0 saturated carbocycles. The second-order valence-electron chi connectivity index (χ2n) is 14.8. The Morgan fingerprint density at radius 2 is 1.66 bits per heavy atom. The zero-order valence-corrected chi connectivity index (χ0v) is 34.5. The lowest BCUT2D eigenvalue weighted by Crippen LogP contribution is -2.28. The molecule has 0 radical (unpaired) electrons. The van der Waals surface area contributed by atoms with Gasteiger partial charge in [-0.15, -0.1) is 11.8 Å². The van der Waals surface area contributed by atoms with Gasteiger partial charge < -0.3 is 24.6 Å². The van der Waals surface area contributed by atoms with Crippen LogP contribution in [0, 0.1) is 0 Å². The standard InChI is InChI=1S/C49H46N4O3S2/c1-3-23-51(35-10-6-5-7-11-35)37-18-20-39-42(31-37)56-43-32-38(52(24-4-2)36-16-14-33(15-17-36)28-47(55)50-22-26-54)19-21-40(43)48(39)34-29-45-49-46(30-34)58-44-13-9-8-12-41(44)53(49)25-27-57-45/h5-21,29-32,54H,3-4,22-28H2,1-2H3/p+1. The molecule has 3 heterocycles. The molecule has 0 aromatic heterocycles. The van der Waals surface area contributed by atoms with E-state index in [1.807, 2.05) is 35.7 Å². The smallest absolute Gasteiger partial charge is 0.224 e. The minimum Gasteiger partial charge on any atom is -0.456 e. The monoisotopic (exact) mass is 803 g/mol. The van der Waals surface area contributed by atoms with Gasteiger partial charge in [-0.2, -0.15) is 4.58 Å². The lowest BCUT2D eigenvalue weighted by molar-refractivity contribution is -0.120. The molecule has 2 N–H and O–H groups in total. The molecular formula is C49H47N4O3S2+. The average Bonchev–Trinajstić information content (AvgIpc) is 3.26. The summed E-state index contributed by atoms with van der Waals surface area (Å²) in [6.07, 6.45) is 2.23. The summed E-state index contributed by atoms with van der Waals surface area (Å²) in [5.74, 6) is 1.76. The summed E-state index contributed by atoms with van der Waals surface area (Å²) in [6.45, 7) is 7.30. The van der Waals surface area contributed by atoms with Crippen LogP contribution >= 0.6 is 23.5 Å². The van der Waals surface area contributed by atoms with Gasteiger partial charge in [0.2, 0.25) is 17.0 Å². The summed E-state index contributed by atoms with van der Waals surface area (Å²) in [7, 11) is 0. The summed E-state index contributed by atoms with van der Waals surface area (Å²) in [5, 5.41) is 14.0. The van der Waals surface area contributed by atoms with Crippen LogP contribution in [-0.2, 0) is 11.2 Å². The molecular weight excluding hydrogens is 757 g/mol. The molecule has 9 heteroatoms. The number of carbonyl (C=O) groups excluding carboxylic acids is 1. The molecule has 292 valence electrons. The fraction of sp³-hybridized carbons (Fsp3) is 0.224. The van der Waals surface area contributed by atoms with Crippen molar-refractivity contribution >= 4 is 68.8 Å². The van der Waals surface area contributed by atoms with Crippen LogP contribution < -0.4 is 25.0 Å². The quantitative estimate of drug-likeness (QED) is 0.0941. The first-order chi connectivity index (χ1) is 28.5. The van der Waals surface area contributed by atoms with Crippen molar-refractivity contribution in [3.05, 3.63) is 138 Å². The third-order valence-corrected chi connectivity index (χ3v) is 13.0. The molecule has 0 bridgehead atoms. The second-order valence-corrected chi connectivity index (χ2v) is 17.0. The molecule has 0 fully saturated rings. The van der Waals surface area contributed by atoms with Crippen molar-refractivity contribution in [2.24, 2.45) is 0 Å². The zero-order chi connectivity index (χ0) is 39.6. The highest BCUT2D eigenvalue weighted by Gasteiger charge is 2.31. The molecule has 5 aromatic rings. The number of nitrogens with zero attached hydrogens (tertiary/aromatic N) is 3. The molecule has 3 aliphatic heterocycles. The van der Waals surface area contributed by atoms with Crippen LogP contribution in [0.15, 0.2) is 146 Å². The van der Waals surface area contributed by atoms with Gasteiger partial charge in [0.15, 0.2) is 0 Å². The number of hydrogen-bond donors (Lipinski definition) is 2. The third-order valence-electron chi connectivity index (χ3n) is 10.9. The number of carbonyl (C=O) groups is 1. The lowest BCUT2D eigenvalue weighted by Gasteiger charge is -2.37. The molecule has 1 amide bonds. The third kappa shape index (κ3) is 7.39. The SMILES string of the molecule is CCCN(c1ccccc1)c1ccc2c(-c3cc4c5c(c3)Sc3ccccc3N5CCS4)c3ccc(=[N+](CCC)c4ccc(CC(=O)NCCO)cc4)cc-3oc2c1. The first-order valence-electron chi connectivity index (χ1n) is 20.3. The number of nitrogens with one attached hydrogen (secondary N) is 1. The van der Waals surface area contributed by atoms with E-state index in [-0.39, 0.29) is 25.5 Å². The van der Waals surface area contributed by atoms with E-state index in [1.54, 1.807) is 0 Å². The Kier molecular flexibility index (Phi) is 11.0. The number of para-hydroxylation sites is 2. The molecule has 7 nitrogen and oxygen atoms in total. The van der Waals surface area contributed by atoms with E-state index in [1.165, 1.54) is 37.2 Å². The van der Waals surface area contributed by atoms with E-state index >= 15 is 0 Å². The van der Waals surface area contributed by atoms with Crippen molar-refractivity contribution in [2.45, 2.75) is 47.8 Å². The maximum Gasteiger partial charge on any atom is 0.224 e. The first kappa shape index (κ1) is 38.1. The van der Waals surface area contributed by atoms with Crippen LogP contribution in [0.1, 0.15) is 32.3 Å². The highest BCUT2D eigenvalue weighted by Crippen LogP contribution is 2.55. The van der Waals surface area contributed by atoms with Crippen molar-refractivity contribution < 1.29 is 14.3 Å². The fourth-order valence-corrected chi connectivity index (χ4v) is 10.6. The molecule has 9 rings (SSSR count). The largest absolute Gasteiger partial charge is 0.456 e. The molecule has 4 aliphatic rings. The van der Waals surface area contributed by atoms with Gasteiger partial charge in [-0.3, -0.25) is 4.79 Å². The Morgan fingerprint density at radius 1 is 0.845 bits per heavy atom. The van der Waals surface area contributed by atoms with Crippen LogP contribution in [-0.4, -0.2) is 49.6 Å². The molecule has 0 unspecified atom stereocenters. The Morgan fingerprint density at radius 3 is 2.47 bits per heavy atom. The lowest BCUT2D eigenvalue weighted by atomic mass is 9.93. The van der Waals surface area contributed by atoms with Gasteiger partial charge in [0.1, 0.15) is 17.9 Å². The Hall–Kier alpha value is -5.48. The van der Waals surface area contributed by atoms with Crippen molar-refractivity contribution in [2.75, 3.05) is 48.3 Å². The summed E-state index contributed by atoms with van der Waals surface area (Å²) >= 11 is 3.82. The highest BCUT2D eigenvalue weighted by atomic mass is 32.2. The number of amides is 1. The molecule has 0 atom stereocenters. The van der Waals surface area contributed by atoms with Crippen LogP contribution in [0.2, 0.25) is 0 Å². The number of aliphatic hydroxyl groups excluding tert-OH is 1. The number of anilines is 4. The summed E-state index contributed by atoms with van der Waals surface area (Å²) in [5.41, 5.74) is 11.2. The van der Waals surface area contributed by atoms with E-state index in [0.29, 0.717) is 0 Å². The Bertz CT molecular complexity index is 2660. The van der Waals surface area contributed by atoms with Crippen molar-refractivity contribution in [3.63, 3.8) is 0 Å². The summed E-state index contributed by atoms with van der Waals surface area (Å²) in [6, 6.07) is 45.8. The molecule has 1 aliphatic carbocycles. The van der Waals surface area contributed by atoms with Crippen LogP contribution in [0.3, 0.4) is 0 Å². The molecule has 0 spiro atoms. The summed E-state index contributed by atoms with van der Waals surface area (Å²) in [4.78, 5) is 21.1. The Labute approximate surface area is 348 Å². The van der Waals surface area contributed by atoms with Crippen molar-refractivity contribution in [3.8, 4) is 22.5 Å². The van der Waals surface area contributed by atoms with Gasteiger partial charge in [0.05, 0.1) is 30.5 Å². The van der Waals surface area contributed by atoms with E-state index in [4.69, 9.17) is 9.52 Å². The van der Waals surface area contributed by atoms with Crippen LogP contribution in [0.25, 0.3) is 33.4 Å². The second kappa shape index (κ2) is 16.8. The van der Waals surface area contributed by atoms with Gasteiger partial charge in [0.25, 0.3) is 0 Å². The fourth-order valence-electron chi connectivity index (χ4n) is 8.29. The average molecular weight is 804 g/mol. The highest BCUT2D eigenvalue weighted by molar-refractivity contribution is 8.00. The number of aliphatic hydroxyl groups is 1. The minimum atomic E-state index is -0.0985. The van der Waals surface area contributed by atoms with E-state index in [0.717, 1.165) is 88.5 Å². The first-order valence-corrected chi connectivity index (χ1v) is 22.1. The Balaban J connectivity index is 1.22. The number of thioether (sulfide) groups is 1. The predicted octanol–water partition coefficient (Wildman–Crippen LogP) is 10.6. The molecule has 5 aromatic carbocycles. The van der Waals surface area contributed by atoms with Crippen LogP contribution in [0.5, 0.6) is 0 Å². The van der Waals surface area contributed by atoms with Gasteiger partial charge in [-0.05, 0) is 72.1 Å². The number of rotatable bonds is 12. The van der Waals surface area contributed by atoms with Crippen LogP contribution in [0.4, 0.5) is 28.4 Å². The van der Waals surface area contributed by atoms with Gasteiger partial charge in [-0.1, -0.05) is 68.1 Å². The normalized spacial score (nSPS) is 13.6. The van der Waals surface area contributed by atoms with E-state index in [2.05, 4.69) is 149 Å². The van der Waals surface area contributed by atoms with Gasteiger partial charge in [-0.25, -0.2) is 0 Å². The molecule has 58 heavy (non-hydrogen) atoms. The van der Waals surface area contributed by atoms with Gasteiger partial charge >= 0.3 is 0 Å². The minimum absolute atomic E-state index is 0.0710. The summed E-state index contributed by atoms with van der Waals surface area (Å²) < 4.78 is 9.35. The zero-order valence-electron chi connectivity index (χ0n) is 32.9. The molecule has 0 saturated heterocycles. The maximum atomic E-state index is 12.3. The van der Waals surface area contributed by atoms with E-state index in [9.17, 15) is 4.79 Å². The maximum absolute atomic E-state index is 12.3. The van der Waals surface area contributed by atoms with E-state index < -0.39 is 0 Å². The topological polar surface area (TPSA) is 72.0 Å². The van der Waals surface area contributed by atoms with Crippen molar-refractivity contribution in [1.29, 1.82) is 0 Å². The predicted molar refractivity (Wildman–Crippen MR) is 241 cm³/mol.